The first-order valence-corrected chi connectivity index (χ1v) is 10.7. The van der Waals surface area contributed by atoms with E-state index in [1.54, 1.807) is 0 Å². The van der Waals surface area contributed by atoms with Crippen molar-refractivity contribution < 1.29 is 22.2 Å². The van der Waals surface area contributed by atoms with Crippen LogP contribution in [0, 0.1) is 5.92 Å². The normalized spacial score (nSPS) is 12.3. The second-order valence-corrected chi connectivity index (χ2v) is 8.56. The Bertz CT molecular complexity index is 1070. The van der Waals surface area contributed by atoms with E-state index in [9.17, 15) is 18.0 Å². The van der Waals surface area contributed by atoms with Crippen LogP contribution in [0.3, 0.4) is 0 Å². The summed E-state index contributed by atoms with van der Waals surface area (Å²) in [5, 5.41) is 6.00. The maximum atomic E-state index is 11.7. The molecule has 1 aromatic carbocycles. The number of hydrogen-bond donors (Lipinski definition) is 4. The van der Waals surface area contributed by atoms with Gasteiger partial charge < -0.3 is 26.3 Å². The van der Waals surface area contributed by atoms with E-state index in [-0.39, 0.29) is 40.6 Å². The fourth-order valence-corrected chi connectivity index (χ4v) is 2.75. The fraction of sp³-hybridized carbons (Fsp3) is 0.333. The molecule has 162 valence electrons. The van der Waals surface area contributed by atoms with Crippen molar-refractivity contribution in [3.63, 3.8) is 0 Å². The Kier molecular flexibility index (Phi) is 6.82. The Morgan fingerprint density at radius 2 is 1.73 bits per heavy atom. The van der Waals surface area contributed by atoms with Crippen LogP contribution in [-0.4, -0.2) is 42.5 Å². The van der Waals surface area contributed by atoms with Gasteiger partial charge in [0.25, 0.3) is 11.8 Å². The topological polar surface area (TPSA) is 179 Å². The predicted octanol–water partition coefficient (Wildman–Crippen LogP) is 1.21. The number of amides is 2. The van der Waals surface area contributed by atoms with Crippen LogP contribution in [-0.2, 0) is 10.1 Å². The number of anilines is 3. The monoisotopic (exact) mass is 436 g/mol. The lowest BCUT2D eigenvalue weighted by molar-refractivity contribution is 0.0991. The first-order valence-electron chi connectivity index (χ1n) is 8.91. The highest BCUT2D eigenvalue weighted by molar-refractivity contribution is 7.86. The van der Waals surface area contributed by atoms with Gasteiger partial charge in [0.15, 0.2) is 5.75 Å². The molecule has 1 aromatic heterocycles. The fourth-order valence-electron chi connectivity index (χ4n) is 2.28. The minimum absolute atomic E-state index is 0.000241. The Balaban J connectivity index is 2.38. The molecule has 0 aliphatic rings. The van der Waals surface area contributed by atoms with Crippen molar-refractivity contribution >= 4 is 39.4 Å². The SMILES string of the molecule is CC(C)[C@@H](C)Nc1nc(Nc2ccc(OS(C)(=O)=O)c(C(N)=O)c2)ncc1C(N)=O. The maximum Gasteiger partial charge on any atom is 0.306 e. The summed E-state index contributed by atoms with van der Waals surface area (Å²) in [5.41, 5.74) is 11.0. The standard InChI is InChI=1S/C18H24N6O5S/c1-9(2)10(3)22-17-13(16(20)26)8-21-18(24-17)23-11-5-6-14(29-30(4,27)28)12(7-11)15(19)25/h5-10H,1-4H3,(H2,19,25)(H2,20,26)(H2,21,22,23,24)/t10-/m1/s1. The summed E-state index contributed by atoms with van der Waals surface area (Å²) in [6.45, 7) is 5.95. The van der Waals surface area contributed by atoms with Crippen LogP contribution in [0.15, 0.2) is 24.4 Å². The molecular weight excluding hydrogens is 412 g/mol. The summed E-state index contributed by atoms with van der Waals surface area (Å²) in [7, 11) is -3.85. The lowest BCUT2D eigenvalue weighted by Crippen LogP contribution is -2.25. The van der Waals surface area contributed by atoms with Crippen LogP contribution in [0.5, 0.6) is 5.75 Å². The lowest BCUT2D eigenvalue weighted by atomic mass is 10.1. The van der Waals surface area contributed by atoms with E-state index in [2.05, 4.69) is 20.6 Å². The molecule has 0 saturated carbocycles. The van der Waals surface area contributed by atoms with Gasteiger partial charge in [-0.2, -0.15) is 13.4 Å². The molecule has 0 saturated heterocycles. The molecule has 12 heteroatoms. The van der Waals surface area contributed by atoms with Crippen LogP contribution in [0.25, 0.3) is 0 Å². The van der Waals surface area contributed by atoms with Crippen molar-refractivity contribution in [3.8, 4) is 5.75 Å². The molecule has 0 aliphatic carbocycles. The number of hydrogen-bond acceptors (Lipinski definition) is 9. The van der Waals surface area contributed by atoms with Gasteiger partial charge in [0.1, 0.15) is 5.82 Å². The summed E-state index contributed by atoms with van der Waals surface area (Å²) in [6, 6.07) is 4.04. The van der Waals surface area contributed by atoms with E-state index in [1.165, 1.54) is 24.4 Å². The molecule has 11 nitrogen and oxygen atoms in total. The third-order valence-corrected chi connectivity index (χ3v) is 4.64. The number of nitrogens with one attached hydrogen (secondary N) is 2. The van der Waals surface area contributed by atoms with Gasteiger partial charge in [-0.3, -0.25) is 9.59 Å². The molecule has 2 amide bonds. The largest absolute Gasteiger partial charge is 0.382 e. The number of benzene rings is 1. The van der Waals surface area contributed by atoms with Gasteiger partial charge in [-0.15, -0.1) is 0 Å². The molecule has 1 atom stereocenters. The molecule has 6 N–H and O–H groups in total. The summed E-state index contributed by atoms with van der Waals surface area (Å²) >= 11 is 0. The molecule has 0 aliphatic heterocycles. The molecule has 1 heterocycles. The first-order chi connectivity index (χ1) is 13.9. The van der Waals surface area contributed by atoms with E-state index in [1.807, 2.05) is 20.8 Å². The summed E-state index contributed by atoms with van der Waals surface area (Å²) < 4.78 is 27.5. The summed E-state index contributed by atoms with van der Waals surface area (Å²) in [5.74, 6) is -1.13. The average molecular weight is 436 g/mol. The van der Waals surface area contributed by atoms with Crippen molar-refractivity contribution in [1.29, 1.82) is 0 Å². The predicted molar refractivity (Wildman–Crippen MR) is 112 cm³/mol. The number of primary amides is 2. The first kappa shape index (κ1) is 22.9. The van der Waals surface area contributed by atoms with Crippen LogP contribution in [0.2, 0.25) is 0 Å². The smallest absolute Gasteiger partial charge is 0.306 e. The van der Waals surface area contributed by atoms with E-state index < -0.39 is 21.9 Å². The second kappa shape index (κ2) is 8.95. The molecule has 0 spiro atoms. The van der Waals surface area contributed by atoms with E-state index in [4.69, 9.17) is 15.7 Å². The number of carbonyl (C=O) groups is 2. The Morgan fingerprint density at radius 3 is 2.27 bits per heavy atom. The van der Waals surface area contributed by atoms with Gasteiger partial charge in [-0.05, 0) is 31.0 Å². The molecule has 0 fully saturated rings. The van der Waals surface area contributed by atoms with Gasteiger partial charge in [0.2, 0.25) is 5.95 Å². The molecule has 2 aromatic rings. The molecule has 0 bridgehead atoms. The highest BCUT2D eigenvalue weighted by Crippen LogP contribution is 2.26. The van der Waals surface area contributed by atoms with Crippen LogP contribution in [0.1, 0.15) is 41.5 Å². The van der Waals surface area contributed by atoms with Gasteiger partial charge in [0, 0.05) is 17.9 Å². The van der Waals surface area contributed by atoms with E-state index in [0.717, 1.165) is 6.26 Å². The molecule has 0 radical (unpaired) electrons. The van der Waals surface area contributed by atoms with Gasteiger partial charge >= 0.3 is 10.1 Å². The number of aromatic nitrogens is 2. The third kappa shape index (κ3) is 6.04. The van der Waals surface area contributed by atoms with Gasteiger partial charge in [0.05, 0.1) is 17.4 Å². The quantitative estimate of drug-likeness (QED) is 0.420. The minimum atomic E-state index is -3.85. The van der Waals surface area contributed by atoms with E-state index in [0.29, 0.717) is 5.69 Å². The van der Waals surface area contributed by atoms with Crippen LogP contribution in [0.4, 0.5) is 17.5 Å². The molecule has 0 unspecified atom stereocenters. The van der Waals surface area contributed by atoms with Crippen LogP contribution < -0.4 is 26.3 Å². The van der Waals surface area contributed by atoms with Crippen molar-refractivity contribution in [2.75, 3.05) is 16.9 Å². The molecule has 30 heavy (non-hydrogen) atoms. The number of carbonyl (C=O) groups excluding carboxylic acids is 2. The van der Waals surface area contributed by atoms with Crippen molar-refractivity contribution in [2.45, 2.75) is 26.8 Å². The zero-order valence-corrected chi connectivity index (χ0v) is 17.8. The average Bonchev–Trinajstić information content (AvgIpc) is 2.61. The zero-order valence-electron chi connectivity index (χ0n) is 17.0. The zero-order chi connectivity index (χ0) is 22.6. The Labute approximate surface area is 174 Å². The maximum absolute atomic E-state index is 11.7. The van der Waals surface area contributed by atoms with Crippen LogP contribution >= 0.6 is 0 Å². The van der Waals surface area contributed by atoms with Gasteiger partial charge in [-0.25, -0.2) is 4.98 Å². The number of nitrogens with zero attached hydrogens (tertiary/aromatic N) is 2. The Hall–Kier alpha value is -3.41. The number of nitrogens with two attached hydrogens (primary N) is 2. The lowest BCUT2D eigenvalue weighted by Gasteiger charge is -2.20. The van der Waals surface area contributed by atoms with E-state index >= 15 is 0 Å². The molecular formula is C18H24N6O5S. The second-order valence-electron chi connectivity index (χ2n) is 6.98. The van der Waals surface area contributed by atoms with Crippen molar-refractivity contribution in [1.82, 2.24) is 9.97 Å². The molecule has 2 rings (SSSR count). The third-order valence-electron chi connectivity index (χ3n) is 4.16. The van der Waals surface area contributed by atoms with Gasteiger partial charge in [-0.1, -0.05) is 13.8 Å². The summed E-state index contributed by atoms with van der Waals surface area (Å²) in [6.07, 6.45) is 2.13. The highest BCUT2D eigenvalue weighted by Gasteiger charge is 2.18. The van der Waals surface area contributed by atoms with Crippen molar-refractivity contribution in [2.24, 2.45) is 17.4 Å². The minimum Gasteiger partial charge on any atom is -0.382 e. The van der Waals surface area contributed by atoms with Crippen molar-refractivity contribution in [3.05, 3.63) is 35.5 Å². The Morgan fingerprint density at radius 1 is 1.10 bits per heavy atom. The summed E-state index contributed by atoms with van der Waals surface area (Å²) in [4.78, 5) is 31.7. The number of rotatable bonds is 9. The highest BCUT2D eigenvalue weighted by atomic mass is 32.2.